The molecule has 18 heavy (non-hydrogen) atoms. The van der Waals surface area contributed by atoms with Crippen LogP contribution in [0.25, 0.3) is 0 Å². The summed E-state index contributed by atoms with van der Waals surface area (Å²) < 4.78 is 40.8. The predicted molar refractivity (Wildman–Crippen MR) is 60.5 cm³/mol. The van der Waals surface area contributed by atoms with Gasteiger partial charge in [-0.2, -0.15) is 0 Å². The molecule has 1 fully saturated rings. The summed E-state index contributed by atoms with van der Waals surface area (Å²) in [7, 11) is 0. The number of rotatable bonds is 3. The topological polar surface area (TPSA) is 32.7 Å². The van der Waals surface area contributed by atoms with Crippen molar-refractivity contribution in [3.63, 3.8) is 0 Å². The van der Waals surface area contributed by atoms with Gasteiger partial charge in [-0.1, -0.05) is 12.1 Å². The van der Waals surface area contributed by atoms with E-state index in [9.17, 15) is 13.2 Å². The highest BCUT2D eigenvalue weighted by atomic mass is 19.4. The molecule has 0 unspecified atom stereocenters. The van der Waals surface area contributed by atoms with Gasteiger partial charge in [-0.25, -0.2) is 0 Å². The van der Waals surface area contributed by atoms with Crippen molar-refractivity contribution in [1.82, 2.24) is 0 Å². The van der Waals surface area contributed by atoms with Crippen LogP contribution in [0.5, 0.6) is 5.75 Å². The van der Waals surface area contributed by atoms with E-state index in [2.05, 4.69) is 4.74 Å². The molecule has 1 aliphatic heterocycles. The van der Waals surface area contributed by atoms with Crippen LogP contribution in [0.4, 0.5) is 18.9 Å². The number of hydrogen-bond donors (Lipinski definition) is 1. The molecule has 0 spiro atoms. The molecule has 0 amide bonds. The highest BCUT2D eigenvalue weighted by molar-refractivity contribution is 5.59. The molecular weight excluding hydrogens is 247 g/mol. The molecule has 0 aromatic heterocycles. The Balaban J connectivity index is 2.18. The molecule has 1 aromatic carbocycles. The van der Waals surface area contributed by atoms with E-state index in [1.165, 1.54) is 12.1 Å². The normalized spacial score (nSPS) is 20.2. The second kappa shape index (κ2) is 5.06. The van der Waals surface area contributed by atoms with Crippen LogP contribution < -0.4 is 9.64 Å². The molecule has 0 radical (unpaired) electrons. The lowest BCUT2D eigenvalue weighted by molar-refractivity contribution is -0.274. The van der Waals surface area contributed by atoms with Crippen molar-refractivity contribution in [2.24, 2.45) is 5.92 Å². The summed E-state index contributed by atoms with van der Waals surface area (Å²) in [5.41, 5.74) is 0.422. The number of benzene rings is 1. The van der Waals surface area contributed by atoms with Crippen LogP contribution in [0.15, 0.2) is 24.3 Å². The van der Waals surface area contributed by atoms with Crippen LogP contribution in [0.2, 0.25) is 0 Å². The van der Waals surface area contributed by atoms with Crippen LogP contribution >= 0.6 is 0 Å². The van der Waals surface area contributed by atoms with E-state index >= 15 is 0 Å². The quantitative estimate of drug-likeness (QED) is 0.907. The molecular formula is C12H14F3NO2. The van der Waals surface area contributed by atoms with Gasteiger partial charge in [0, 0.05) is 25.6 Å². The van der Waals surface area contributed by atoms with E-state index in [0.717, 1.165) is 6.42 Å². The highest BCUT2D eigenvalue weighted by Gasteiger charge is 2.33. The molecule has 0 saturated carbocycles. The zero-order chi connectivity index (χ0) is 13.2. The summed E-state index contributed by atoms with van der Waals surface area (Å²) >= 11 is 0. The van der Waals surface area contributed by atoms with E-state index in [0.29, 0.717) is 18.8 Å². The van der Waals surface area contributed by atoms with Crippen molar-refractivity contribution in [1.29, 1.82) is 0 Å². The standard InChI is InChI=1S/C12H14F3NO2/c13-12(14,15)18-11-4-2-1-3-10(11)16-6-5-9(7-16)8-17/h1-4,9,17H,5-8H2/t9-/m0/s1. The van der Waals surface area contributed by atoms with Crippen molar-refractivity contribution in [3.05, 3.63) is 24.3 Å². The zero-order valence-electron chi connectivity index (χ0n) is 9.65. The minimum absolute atomic E-state index is 0.0544. The molecule has 0 bridgehead atoms. The van der Waals surface area contributed by atoms with E-state index in [1.54, 1.807) is 12.1 Å². The Kier molecular flexibility index (Phi) is 3.65. The molecule has 1 aromatic rings. The maximum Gasteiger partial charge on any atom is 0.573 e. The first kappa shape index (κ1) is 13.0. The minimum atomic E-state index is -4.69. The number of para-hydroxylation sites is 2. The van der Waals surface area contributed by atoms with Gasteiger partial charge in [0.05, 0.1) is 5.69 Å². The first-order valence-corrected chi connectivity index (χ1v) is 5.70. The Bertz CT molecular complexity index is 409. The summed E-state index contributed by atoms with van der Waals surface area (Å²) in [6.07, 6.45) is -3.91. The average molecular weight is 261 g/mol. The maximum atomic E-state index is 12.3. The van der Waals surface area contributed by atoms with Gasteiger partial charge in [0.1, 0.15) is 0 Å². The summed E-state index contributed by atoms with van der Waals surface area (Å²) in [5, 5.41) is 9.05. The van der Waals surface area contributed by atoms with Gasteiger partial charge in [0.2, 0.25) is 0 Å². The van der Waals surface area contributed by atoms with Gasteiger partial charge in [-0.15, -0.1) is 13.2 Å². The summed E-state index contributed by atoms with van der Waals surface area (Å²) in [6, 6.07) is 6.07. The summed E-state index contributed by atoms with van der Waals surface area (Å²) in [5.74, 6) is -0.0764. The number of aliphatic hydroxyl groups is 1. The van der Waals surface area contributed by atoms with Crippen molar-refractivity contribution < 1.29 is 23.0 Å². The maximum absolute atomic E-state index is 12.3. The van der Waals surface area contributed by atoms with E-state index in [-0.39, 0.29) is 18.3 Å². The third-order valence-electron chi connectivity index (χ3n) is 2.98. The Hall–Kier alpha value is -1.43. The Morgan fingerprint density at radius 3 is 2.67 bits per heavy atom. The number of ether oxygens (including phenoxy) is 1. The molecule has 6 heteroatoms. The molecule has 3 nitrogen and oxygen atoms in total. The van der Waals surface area contributed by atoms with Crippen molar-refractivity contribution >= 4 is 5.69 Å². The second-order valence-corrected chi connectivity index (χ2v) is 4.30. The van der Waals surface area contributed by atoms with Crippen LogP contribution in [0.1, 0.15) is 6.42 Å². The molecule has 100 valence electrons. The van der Waals surface area contributed by atoms with Gasteiger partial charge in [-0.05, 0) is 18.6 Å². The number of nitrogens with zero attached hydrogens (tertiary/aromatic N) is 1. The predicted octanol–water partition coefficient (Wildman–Crippen LogP) is 2.40. The largest absolute Gasteiger partial charge is 0.573 e. The lowest BCUT2D eigenvalue weighted by Crippen LogP contribution is -2.24. The summed E-state index contributed by atoms with van der Waals surface area (Å²) in [6.45, 7) is 1.23. The molecule has 2 rings (SSSR count). The number of aliphatic hydroxyl groups excluding tert-OH is 1. The molecule has 1 N–H and O–H groups in total. The zero-order valence-corrected chi connectivity index (χ0v) is 9.65. The van der Waals surface area contributed by atoms with Gasteiger partial charge < -0.3 is 14.7 Å². The first-order valence-electron chi connectivity index (χ1n) is 5.70. The molecule has 0 aliphatic carbocycles. The second-order valence-electron chi connectivity index (χ2n) is 4.30. The monoisotopic (exact) mass is 261 g/mol. The van der Waals surface area contributed by atoms with E-state index < -0.39 is 6.36 Å². The SMILES string of the molecule is OC[C@H]1CCN(c2ccccc2OC(F)(F)F)C1. The average Bonchev–Trinajstić information content (AvgIpc) is 2.76. The fourth-order valence-corrected chi connectivity index (χ4v) is 2.13. The Morgan fingerprint density at radius 2 is 2.06 bits per heavy atom. The van der Waals surface area contributed by atoms with Crippen LogP contribution in [0.3, 0.4) is 0 Å². The molecule has 1 heterocycles. The van der Waals surface area contributed by atoms with Gasteiger partial charge >= 0.3 is 6.36 Å². The van der Waals surface area contributed by atoms with Crippen molar-refractivity contribution in [2.45, 2.75) is 12.8 Å². The molecule has 1 saturated heterocycles. The lowest BCUT2D eigenvalue weighted by Gasteiger charge is -2.22. The third-order valence-corrected chi connectivity index (χ3v) is 2.98. The van der Waals surface area contributed by atoms with Crippen LogP contribution in [0, 0.1) is 5.92 Å². The van der Waals surface area contributed by atoms with Gasteiger partial charge in [0.15, 0.2) is 5.75 Å². The Morgan fingerprint density at radius 1 is 1.33 bits per heavy atom. The van der Waals surface area contributed by atoms with Crippen molar-refractivity contribution in [2.75, 3.05) is 24.6 Å². The fourth-order valence-electron chi connectivity index (χ4n) is 2.13. The number of anilines is 1. The van der Waals surface area contributed by atoms with Crippen LogP contribution in [-0.4, -0.2) is 31.2 Å². The van der Waals surface area contributed by atoms with E-state index in [4.69, 9.17) is 5.11 Å². The number of alkyl halides is 3. The number of hydrogen-bond acceptors (Lipinski definition) is 3. The fraction of sp³-hybridized carbons (Fsp3) is 0.500. The van der Waals surface area contributed by atoms with Gasteiger partial charge in [-0.3, -0.25) is 0 Å². The van der Waals surface area contributed by atoms with E-state index in [1.807, 2.05) is 4.90 Å². The Labute approximate surface area is 103 Å². The van der Waals surface area contributed by atoms with Gasteiger partial charge in [0.25, 0.3) is 0 Å². The summed E-state index contributed by atoms with van der Waals surface area (Å²) in [4.78, 5) is 1.81. The van der Waals surface area contributed by atoms with Crippen LogP contribution in [-0.2, 0) is 0 Å². The molecule has 1 atom stereocenters. The third kappa shape index (κ3) is 3.07. The molecule has 1 aliphatic rings. The minimum Gasteiger partial charge on any atom is -0.404 e. The first-order chi connectivity index (χ1) is 8.49. The lowest BCUT2D eigenvalue weighted by atomic mass is 10.1. The highest BCUT2D eigenvalue weighted by Crippen LogP contribution is 2.35. The van der Waals surface area contributed by atoms with Crippen molar-refractivity contribution in [3.8, 4) is 5.75 Å². The smallest absolute Gasteiger partial charge is 0.404 e. The number of halogens is 3.